The smallest absolute Gasteiger partial charge is 0.255 e. The minimum atomic E-state index is -0.177. The van der Waals surface area contributed by atoms with E-state index in [2.05, 4.69) is 32.2 Å². The number of carbonyl (C=O) groups is 2. The van der Waals surface area contributed by atoms with Crippen molar-refractivity contribution < 1.29 is 14.3 Å². The van der Waals surface area contributed by atoms with Crippen molar-refractivity contribution >= 4 is 29.0 Å². The molecule has 49 heavy (non-hydrogen) atoms. The third-order valence-electron chi connectivity index (χ3n) is 10.2. The van der Waals surface area contributed by atoms with Gasteiger partial charge in [-0.3, -0.25) is 9.59 Å². The van der Waals surface area contributed by atoms with E-state index in [0.717, 1.165) is 61.4 Å². The molecule has 2 amide bonds. The lowest BCUT2D eigenvalue weighted by atomic mass is 10.0. The molecule has 4 heterocycles. The number of hydrogen-bond acceptors (Lipinski definition) is 7. The van der Waals surface area contributed by atoms with Gasteiger partial charge in [0.25, 0.3) is 11.8 Å². The van der Waals surface area contributed by atoms with Crippen LogP contribution in [0, 0.1) is 0 Å². The molecular formula is C40H46N6O3. The Morgan fingerprint density at radius 1 is 0.776 bits per heavy atom. The van der Waals surface area contributed by atoms with Crippen molar-refractivity contribution in [2.45, 2.75) is 57.6 Å². The molecule has 0 atom stereocenters. The zero-order chi connectivity index (χ0) is 33.6. The molecule has 3 fully saturated rings. The highest BCUT2D eigenvalue weighted by molar-refractivity contribution is 6.04. The number of pyridine rings is 1. The lowest BCUT2D eigenvalue weighted by molar-refractivity contribution is 0.0644. The van der Waals surface area contributed by atoms with Crippen molar-refractivity contribution in [1.82, 2.24) is 14.8 Å². The average molecular weight is 659 g/mol. The van der Waals surface area contributed by atoms with Crippen LogP contribution in [0.3, 0.4) is 0 Å². The topological polar surface area (TPSA) is 104 Å². The number of piperidine rings is 2. The number of amides is 2. The van der Waals surface area contributed by atoms with Crippen LogP contribution < -0.4 is 20.7 Å². The van der Waals surface area contributed by atoms with Gasteiger partial charge in [-0.05, 0) is 124 Å². The Balaban J connectivity index is 0.940. The monoisotopic (exact) mass is 658 g/mol. The molecule has 3 aliphatic rings. The van der Waals surface area contributed by atoms with Gasteiger partial charge in [-0.2, -0.15) is 0 Å². The summed E-state index contributed by atoms with van der Waals surface area (Å²) in [5, 5.41) is 3.01. The first-order valence-electron chi connectivity index (χ1n) is 17.8. The molecule has 7 rings (SSSR count). The minimum absolute atomic E-state index is 0.0903. The van der Waals surface area contributed by atoms with Gasteiger partial charge in [-0.15, -0.1) is 0 Å². The summed E-state index contributed by atoms with van der Waals surface area (Å²) < 4.78 is 6.11. The highest BCUT2D eigenvalue weighted by Gasteiger charge is 2.28. The van der Waals surface area contributed by atoms with Crippen LogP contribution in [0.15, 0.2) is 85.1 Å². The van der Waals surface area contributed by atoms with Gasteiger partial charge in [-0.1, -0.05) is 24.3 Å². The minimum Gasteiger partial charge on any atom is -0.485 e. The molecule has 0 unspecified atom stereocenters. The highest BCUT2D eigenvalue weighted by Crippen LogP contribution is 2.29. The van der Waals surface area contributed by atoms with Gasteiger partial charge >= 0.3 is 0 Å². The molecule has 3 aromatic carbocycles. The second-order valence-corrected chi connectivity index (χ2v) is 13.5. The molecule has 3 N–H and O–H groups in total. The first kappa shape index (κ1) is 32.6. The number of anilines is 3. The Bertz CT molecular complexity index is 1740. The van der Waals surface area contributed by atoms with Crippen molar-refractivity contribution in [2.24, 2.45) is 0 Å². The molecule has 254 valence electrons. The Hall–Kier alpha value is -4.89. The van der Waals surface area contributed by atoms with Gasteiger partial charge in [0.2, 0.25) is 0 Å². The van der Waals surface area contributed by atoms with E-state index in [9.17, 15) is 9.59 Å². The SMILES string of the molecule is Nc1ncc(-c2ccc(C(=O)N3CCC(N4CCCC4)CC3)cc2)cc1OCc1cccc(C(=O)Nc2ccc(N3CCCCC3)cc2)c1. The number of hydrogen-bond donors (Lipinski definition) is 2. The van der Waals surface area contributed by atoms with Crippen molar-refractivity contribution in [1.29, 1.82) is 0 Å². The van der Waals surface area contributed by atoms with Crippen LogP contribution in [0.4, 0.5) is 17.2 Å². The van der Waals surface area contributed by atoms with Gasteiger partial charge in [-0.25, -0.2) is 4.98 Å². The molecule has 9 heteroatoms. The number of aromatic nitrogens is 1. The third-order valence-corrected chi connectivity index (χ3v) is 10.2. The first-order valence-corrected chi connectivity index (χ1v) is 17.8. The molecule has 4 aromatic rings. The first-order chi connectivity index (χ1) is 24.0. The molecule has 9 nitrogen and oxygen atoms in total. The van der Waals surface area contributed by atoms with Crippen molar-refractivity contribution in [2.75, 3.05) is 55.2 Å². The van der Waals surface area contributed by atoms with E-state index >= 15 is 0 Å². The second kappa shape index (κ2) is 15.1. The number of benzene rings is 3. The summed E-state index contributed by atoms with van der Waals surface area (Å²) in [6.07, 6.45) is 10.2. The van der Waals surface area contributed by atoms with Crippen LogP contribution in [0.2, 0.25) is 0 Å². The fourth-order valence-electron chi connectivity index (χ4n) is 7.33. The number of nitrogens with two attached hydrogens (primary N) is 1. The summed E-state index contributed by atoms with van der Waals surface area (Å²) in [6.45, 7) is 6.42. The van der Waals surface area contributed by atoms with Crippen LogP contribution in [0.1, 0.15) is 71.2 Å². The Labute approximate surface area is 289 Å². The number of likely N-dealkylation sites (tertiary alicyclic amines) is 2. The van der Waals surface area contributed by atoms with Gasteiger partial charge in [0, 0.05) is 66.5 Å². The summed E-state index contributed by atoms with van der Waals surface area (Å²) in [5.41, 5.74) is 12.0. The lowest BCUT2D eigenvalue weighted by Gasteiger charge is -2.36. The van der Waals surface area contributed by atoms with E-state index in [1.807, 2.05) is 65.6 Å². The van der Waals surface area contributed by atoms with E-state index in [1.165, 1.54) is 50.9 Å². The predicted molar refractivity (Wildman–Crippen MR) is 195 cm³/mol. The normalized spacial score (nSPS) is 17.2. The van der Waals surface area contributed by atoms with E-state index in [-0.39, 0.29) is 24.2 Å². The number of nitrogens with one attached hydrogen (secondary N) is 1. The lowest BCUT2D eigenvalue weighted by Crippen LogP contribution is -2.45. The summed E-state index contributed by atoms with van der Waals surface area (Å²) in [4.78, 5) is 37.7. The molecule has 0 bridgehead atoms. The highest BCUT2D eigenvalue weighted by atomic mass is 16.5. The molecule has 1 aromatic heterocycles. The van der Waals surface area contributed by atoms with Gasteiger partial charge in [0.15, 0.2) is 11.6 Å². The second-order valence-electron chi connectivity index (χ2n) is 13.5. The van der Waals surface area contributed by atoms with Gasteiger partial charge in [0.1, 0.15) is 6.61 Å². The van der Waals surface area contributed by atoms with Gasteiger partial charge < -0.3 is 30.5 Å². The van der Waals surface area contributed by atoms with Gasteiger partial charge in [0.05, 0.1) is 0 Å². The van der Waals surface area contributed by atoms with E-state index < -0.39 is 0 Å². The molecule has 3 saturated heterocycles. The summed E-state index contributed by atoms with van der Waals surface area (Å²) in [7, 11) is 0. The van der Waals surface area contributed by atoms with E-state index in [1.54, 1.807) is 12.3 Å². The molecule has 0 saturated carbocycles. The Morgan fingerprint density at radius 2 is 1.49 bits per heavy atom. The Morgan fingerprint density at radius 3 is 2.22 bits per heavy atom. The zero-order valence-corrected chi connectivity index (χ0v) is 28.2. The maximum absolute atomic E-state index is 13.3. The average Bonchev–Trinajstić information content (AvgIpc) is 3.71. The standard InChI is InChI=1S/C40H46N6O3/c41-38-37(49-28-29-7-6-8-32(25-29)39(47)43-34-13-15-35(16-14-34)44-19-2-1-3-20-44)26-33(27-42-38)30-9-11-31(12-10-30)40(48)46-23-17-36(18-24-46)45-21-4-5-22-45/h6-16,25-27,36H,1-5,17-24,28H2,(H2,41,42)(H,43,47). The number of nitrogens with zero attached hydrogens (tertiary/aromatic N) is 4. The van der Waals surface area contributed by atoms with Crippen LogP contribution >= 0.6 is 0 Å². The maximum Gasteiger partial charge on any atom is 0.255 e. The zero-order valence-electron chi connectivity index (χ0n) is 28.2. The largest absolute Gasteiger partial charge is 0.485 e. The van der Waals surface area contributed by atoms with Crippen LogP contribution in [-0.2, 0) is 6.61 Å². The number of carbonyl (C=O) groups excluding carboxylic acids is 2. The van der Waals surface area contributed by atoms with E-state index in [4.69, 9.17) is 10.5 Å². The Kier molecular flexibility index (Phi) is 10.1. The number of ether oxygens (including phenoxy) is 1. The summed E-state index contributed by atoms with van der Waals surface area (Å²) >= 11 is 0. The molecule has 0 spiro atoms. The number of rotatable bonds is 9. The fraction of sp³-hybridized carbons (Fsp3) is 0.375. The molecular weight excluding hydrogens is 612 g/mol. The molecule has 3 aliphatic heterocycles. The molecule has 0 radical (unpaired) electrons. The van der Waals surface area contributed by atoms with Crippen molar-refractivity contribution in [3.63, 3.8) is 0 Å². The van der Waals surface area contributed by atoms with E-state index in [0.29, 0.717) is 22.9 Å². The fourth-order valence-corrected chi connectivity index (χ4v) is 7.33. The third kappa shape index (κ3) is 7.89. The quantitative estimate of drug-likeness (QED) is 0.203. The van der Waals surface area contributed by atoms with Crippen LogP contribution in [0.5, 0.6) is 5.75 Å². The van der Waals surface area contributed by atoms with Crippen LogP contribution in [0.25, 0.3) is 11.1 Å². The molecule has 0 aliphatic carbocycles. The maximum atomic E-state index is 13.3. The summed E-state index contributed by atoms with van der Waals surface area (Å²) in [5.74, 6) is 0.661. The van der Waals surface area contributed by atoms with Crippen molar-refractivity contribution in [3.8, 4) is 16.9 Å². The summed E-state index contributed by atoms with van der Waals surface area (Å²) in [6, 6.07) is 25.6. The number of nitrogen functional groups attached to an aromatic ring is 1. The van der Waals surface area contributed by atoms with Crippen molar-refractivity contribution in [3.05, 3.63) is 102 Å². The predicted octanol–water partition coefficient (Wildman–Crippen LogP) is 6.85. The van der Waals surface area contributed by atoms with Crippen LogP contribution in [-0.4, -0.2) is 71.9 Å².